The van der Waals surface area contributed by atoms with Gasteiger partial charge in [-0.3, -0.25) is 9.69 Å². The first kappa shape index (κ1) is 15.7. The minimum absolute atomic E-state index is 0.0866. The molecule has 0 radical (unpaired) electrons. The maximum Gasteiger partial charge on any atom is 0.333 e. The van der Waals surface area contributed by atoms with Crippen molar-refractivity contribution in [3.63, 3.8) is 0 Å². The third-order valence-electron chi connectivity index (χ3n) is 3.83. The first-order chi connectivity index (χ1) is 10.8. The van der Waals surface area contributed by atoms with E-state index in [0.29, 0.717) is 13.0 Å². The molecular weight excluding hydrogens is 294 g/mol. The third-order valence-corrected chi connectivity index (χ3v) is 3.83. The predicted molar refractivity (Wildman–Crippen MR) is 85.3 cm³/mol. The van der Waals surface area contributed by atoms with Crippen LogP contribution >= 0.6 is 0 Å². The molecule has 0 unspecified atom stereocenters. The van der Waals surface area contributed by atoms with E-state index in [1.165, 1.54) is 4.90 Å². The molecular formula is C18H21NO4. The van der Waals surface area contributed by atoms with Crippen molar-refractivity contribution in [3.05, 3.63) is 42.0 Å². The minimum Gasteiger partial charge on any atom is -0.458 e. The second kappa shape index (κ2) is 5.81. The third kappa shape index (κ3) is 3.29. The number of hydrogen-bond donors (Lipinski definition) is 0. The Labute approximate surface area is 135 Å². The Balaban J connectivity index is 1.93. The van der Waals surface area contributed by atoms with Crippen molar-refractivity contribution in [2.75, 3.05) is 6.61 Å². The number of β-lactam (4-membered cyclic amide) rings is 1. The summed E-state index contributed by atoms with van der Waals surface area (Å²) in [4.78, 5) is 26.0. The Hall–Kier alpha value is -2.14. The lowest BCUT2D eigenvalue weighted by Gasteiger charge is -2.42. The summed E-state index contributed by atoms with van der Waals surface area (Å²) in [6, 6.07) is 8.99. The number of esters is 1. The molecule has 0 N–H and O–H groups in total. The van der Waals surface area contributed by atoms with E-state index >= 15 is 0 Å². The number of rotatable bonds is 2. The Bertz CT molecular complexity index is 645. The molecule has 0 saturated carbocycles. The Kier molecular flexibility index (Phi) is 3.98. The average molecular weight is 315 g/mol. The lowest BCUT2D eigenvalue weighted by molar-refractivity contribution is -0.187. The van der Waals surface area contributed by atoms with Crippen molar-refractivity contribution < 1.29 is 19.1 Å². The number of ether oxygens (including phenoxy) is 2. The van der Waals surface area contributed by atoms with E-state index in [0.717, 1.165) is 11.1 Å². The van der Waals surface area contributed by atoms with Crippen LogP contribution in [0.5, 0.6) is 0 Å². The summed E-state index contributed by atoms with van der Waals surface area (Å²) in [6.45, 7) is 5.82. The highest BCUT2D eigenvalue weighted by Gasteiger charge is 2.46. The predicted octanol–water partition coefficient (Wildman–Crippen LogP) is 2.37. The van der Waals surface area contributed by atoms with E-state index in [4.69, 9.17) is 9.47 Å². The zero-order chi connectivity index (χ0) is 16.6. The van der Waals surface area contributed by atoms with Crippen LogP contribution in [-0.2, 0) is 19.1 Å². The number of amides is 1. The summed E-state index contributed by atoms with van der Waals surface area (Å²) in [5.41, 5.74) is 1.27. The van der Waals surface area contributed by atoms with Crippen LogP contribution in [0, 0.1) is 0 Å². The summed E-state index contributed by atoms with van der Waals surface area (Å²) >= 11 is 0. The summed E-state index contributed by atoms with van der Waals surface area (Å²) in [6.07, 6.45) is 1.76. The second-order valence-corrected chi connectivity index (χ2v) is 6.81. The van der Waals surface area contributed by atoms with Gasteiger partial charge in [-0.25, -0.2) is 4.79 Å². The Morgan fingerprint density at radius 1 is 1.26 bits per heavy atom. The molecule has 1 aromatic rings. The van der Waals surface area contributed by atoms with Gasteiger partial charge in [-0.1, -0.05) is 30.3 Å². The zero-order valence-electron chi connectivity index (χ0n) is 13.6. The SMILES string of the molecule is CC(C)(C)OC(=O)[C@H]1C=C(c2ccccc2)CO[C@@H]2CC(=O)N12. The second-order valence-electron chi connectivity index (χ2n) is 6.81. The molecule has 2 heterocycles. The van der Waals surface area contributed by atoms with E-state index in [-0.39, 0.29) is 12.1 Å². The van der Waals surface area contributed by atoms with Gasteiger partial charge in [-0.15, -0.1) is 0 Å². The molecule has 1 aromatic carbocycles. The van der Waals surface area contributed by atoms with Gasteiger partial charge in [-0.05, 0) is 38.0 Å². The average Bonchev–Trinajstić information content (AvgIpc) is 2.62. The van der Waals surface area contributed by atoms with E-state index in [2.05, 4.69) is 0 Å². The largest absolute Gasteiger partial charge is 0.458 e. The molecule has 1 saturated heterocycles. The van der Waals surface area contributed by atoms with Crippen LogP contribution in [0.3, 0.4) is 0 Å². The van der Waals surface area contributed by atoms with Crippen molar-refractivity contribution in [1.29, 1.82) is 0 Å². The van der Waals surface area contributed by atoms with Gasteiger partial charge in [0.25, 0.3) is 0 Å². The lowest BCUT2D eigenvalue weighted by atomic mass is 10.0. The van der Waals surface area contributed by atoms with Crippen LogP contribution < -0.4 is 0 Å². The maximum absolute atomic E-state index is 12.6. The van der Waals surface area contributed by atoms with Crippen molar-refractivity contribution in [2.24, 2.45) is 0 Å². The highest BCUT2D eigenvalue weighted by Crippen LogP contribution is 2.31. The van der Waals surface area contributed by atoms with Crippen molar-refractivity contribution >= 4 is 17.4 Å². The molecule has 23 heavy (non-hydrogen) atoms. The fraction of sp³-hybridized carbons (Fsp3) is 0.444. The van der Waals surface area contributed by atoms with Crippen LogP contribution in [0.1, 0.15) is 32.8 Å². The van der Waals surface area contributed by atoms with Crippen molar-refractivity contribution in [3.8, 4) is 0 Å². The summed E-state index contributed by atoms with van der Waals surface area (Å²) in [5, 5.41) is 0. The number of hydrogen-bond acceptors (Lipinski definition) is 4. The zero-order valence-corrected chi connectivity index (χ0v) is 13.6. The molecule has 2 atom stereocenters. The molecule has 2 aliphatic rings. The van der Waals surface area contributed by atoms with Crippen LogP contribution in [0.2, 0.25) is 0 Å². The van der Waals surface area contributed by atoms with Gasteiger partial charge in [0.05, 0.1) is 13.0 Å². The molecule has 5 heteroatoms. The van der Waals surface area contributed by atoms with Gasteiger partial charge >= 0.3 is 5.97 Å². The van der Waals surface area contributed by atoms with E-state index in [1.54, 1.807) is 6.08 Å². The number of carbonyl (C=O) groups is 2. The van der Waals surface area contributed by atoms with Gasteiger partial charge in [0.2, 0.25) is 5.91 Å². The molecule has 122 valence electrons. The van der Waals surface area contributed by atoms with Gasteiger partial charge in [0.15, 0.2) is 6.04 Å². The first-order valence-corrected chi connectivity index (χ1v) is 7.77. The summed E-state index contributed by atoms with van der Waals surface area (Å²) in [5.74, 6) is -0.508. The number of fused-ring (bicyclic) bond motifs is 1. The summed E-state index contributed by atoms with van der Waals surface area (Å²) in [7, 11) is 0. The van der Waals surface area contributed by atoms with Crippen LogP contribution in [0.4, 0.5) is 0 Å². The fourth-order valence-corrected chi connectivity index (χ4v) is 2.76. The van der Waals surface area contributed by atoms with Crippen LogP contribution in [0.25, 0.3) is 5.57 Å². The number of carbonyl (C=O) groups excluding carboxylic acids is 2. The van der Waals surface area contributed by atoms with Gasteiger partial charge in [-0.2, -0.15) is 0 Å². The molecule has 0 bridgehead atoms. The molecule has 5 nitrogen and oxygen atoms in total. The molecule has 1 fully saturated rings. The Morgan fingerprint density at radius 3 is 2.57 bits per heavy atom. The number of benzene rings is 1. The normalized spacial score (nSPS) is 24.2. The fourth-order valence-electron chi connectivity index (χ4n) is 2.76. The first-order valence-electron chi connectivity index (χ1n) is 7.77. The van der Waals surface area contributed by atoms with E-state index in [9.17, 15) is 9.59 Å². The van der Waals surface area contributed by atoms with Crippen molar-refractivity contribution in [1.82, 2.24) is 4.90 Å². The number of nitrogens with zero attached hydrogens (tertiary/aromatic N) is 1. The minimum atomic E-state index is -0.738. The van der Waals surface area contributed by atoms with Crippen LogP contribution in [0.15, 0.2) is 36.4 Å². The van der Waals surface area contributed by atoms with Gasteiger partial charge in [0.1, 0.15) is 11.8 Å². The maximum atomic E-state index is 12.6. The van der Waals surface area contributed by atoms with E-state index < -0.39 is 17.6 Å². The smallest absolute Gasteiger partial charge is 0.333 e. The van der Waals surface area contributed by atoms with E-state index in [1.807, 2.05) is 51.1 Å². The standard InChI is InChI=1S/C18H21NO4/c1-18(2,3)23-17(21)14-9-13(12-7-5-4-6-8-12)11-22-16-10-15(20)19(14)16/h4-9,14,16H,10-11H2,1-3H3/t14-,16-/m1/s1. The monoisotopic (exact) mass is 315 g/mol. The topological polar surface area (TPSA) is 55.8 Å². The molecule has 0 aromatic heterocycles. The highest BCUT2D eigenvalue weighted by molar-refractivity contribution is 5.92. The molecule has 0 spiro atoms. The lowest BCUT2D eigenvalue weighted by Crippen LogP contribution is -2.60. The molecule has 2 aliphatic heterocycles. The Morgan fingerprint density at radius 2 is 1.96 bits per heavy atom. The molecule has 1 amide bonds. The highest BCUT2D eigenvalue weighted by atomic mass is 16.6. The van der Waals surface area contributed by atoms with Gasteiger partial charge in [0, 0.05) is 0 Å². The molecule has 0 aliphatic carbocycles. The quantitative estimate of drug-likeness (QED) is 0.621. The summed E-state index contributed by atoms with van der Waals surface area (Å²) < 4.78 is 11.3. The molecule has 3 rings (SSSR count). The van der Waals surface area contributed by atoms with Crippen molar-refractivity contribution in [2.45, 2.75) is 45.1 Å². The van der Waals surface area contributed by atoms with Gasteiger partial charge < -0.3 is 9.47 Å². The van der Waals surface area contributed by atoms with Crippen LogP contribution in [-0.4, -0.2) is 41.3 Å².